The Balaban J connectivity index is 1.29. The van der Waals surface area contributed by atoms with Crippen molar-refractivity contribution >= 4 is 11.8 Å². The smallest absolute Gasteiger partial charge is 0.239 e. The molecule has 3 aliphatic heterocycles. The molecule has 0 radical (unpaired) electrons. The summed E-state index contributed by atoms with van der Waals surface area (Å²) in [5, 5.41) is 0. The summed E-state index contributed by atoms with van der Waals surface area (Å²) in [5.41, 5.74) is 0.207. The highest BCUT2D eigenvalue weighted by molar-refractivity contribution is 5.82. The molecule has 4 heterocycles. The molecular formula is C22H35N5O2. The molecule has 0 N–H and O–H groups in total. The van der Waals surface area contributed by atoms with Gasteiger partial charge >= 0.3 is 0 Å². The number of imidazole rings is 1. The average molecular weight is 402 g/mol. The molecule has 1 unspecified atom stereocenters. The predicted octanol–water partition coefficient (Wildman–Crippen LogP) is 1.99. The molecule has 0 bridgehead atoms. The first-order valence-corrected chi connectivity index (χ1v) is 11.3. The second kappa shape index (κ2) is 8.86. The van der Waals surface area contributed by atoms with Gasteiger partial charge in [-0.05, 0) is 57.5 Å². The Labute approximate surface area is 174 Å². The van der Waals surface area contributed by atoms with Crippen LogP contribution in [0.4, 0.5) is 0 Å². The van der Waals surface area contributed by atoms with Crippen LogP contribution < -0.4 is 0 Å². The van der Waals surface area contributed by atoms with Crippen molar-refractivity contribution in [3.05, 3.63) is 18.7 Å². The van der Waals surface area contributed by atoms with Crippen molar-refractivity contribution in [2.24, 2.45) is 5.41 Å². The molecule has 2 amide bonds. The van der Waals surface area contributed by atoms with Gasteiger partial charge in [-0.3, -0.25) is 14.5 Å². The first-order chi connectivity index (χ1) is 14.1. The lowest BCUT2D eigenvalue weighted by Crippen LogP contribution is -2.55. The molecule has 160 valence electrons. The van der Waals surface area contributed by atoms with Crippen molar-refractivity contribution in [1.29, 1.82) is 0 Å². The summed E-state index contributed by atoms with van der Waals surface area (Å²) in [7, 11) is 2.08. The first kappa shape index (κ1) is 20.4. The number of nitrogens with zero attached hydrogens (tertiary/aromatic N) is 5. The van der Waals surface area contributed by atoms with E-state index in [-0.39, 0.29) is 11.5 Å². The number of carbonyl (C=O) groups is 2. The number of likely N-dealkylation sites (N-methyl/N-ethyl adjacent to an activating group) is 1. The zero-order chi connectivity index (χ0) is 20.3. The lowest BCUT2D eigenvalue weighted by Gasteiger charge is -2.48. The van der Waals surface area contributed by atoms with Gasteiger partial charge in [-0.25, -0.2) is 4.98 Å². The third-order valence-corrected chi connectivity index (χ3v) is 7.34. The maximum absolute atomic E-state index is 13.0. The Morgan fingerprint density at radius 1 is 1.17 bits per heavy atom. The van der Waals surface area contributed by atoms with Crippen LogP contribution in [0.3, 0.4) is 0 Å². The van der Waals surface area contributed by atoms with E-state index >= 15 is 0 Å². The molecule has 29 heavy (non-hydrogen) atoms. The van der Waals surface area contributed by atoms with Gasteiger partial charge in [0, 0.05) is 51.5 Å². The normalized spacial score (nSPS) is 25.6. The second-order valence-corrected chi connectivity index (χ2v) is 9.29. The van der Waals surface area contributed by atoms with Crippen molar-refractivity contribution < 1.29 is 9.59 Å². The monoisotopic (exact) mass is 401 g/mol. The number of amides is 2. The topological polar surface area (TPSA) is 61.7 Å². The lowest BCUT2D eigenvalue weighted by molar-refractivity contribution is -0.145. The van der Waals surface area contributed by atoms with E-state index in [1.54, 1.807) is 6.20 Å². The summed E-state index contributed by atoms with van der Waals surface area (Å²) in [6, 6.07) is 0.0745. The fraction of sp³-hybridized carbons (Fsp3) is 0.773. The molecule has 0 aliphatic carbocycles. The van der Waals surface area contributed by atoms with Crippen LogP contribution >= 0.6 is 0 Å². The number of aryl methyl sites for hydroxylation is 1. The summed E-state index contributed by atoms with van der Waals surface area (Å²) in [5.74, 6) is 0.620. The van der Waals surface area contributed by atoms with Crippen molar-refractivity contribution in [1.82, 2.24) is 24.3 Å². The fourth-order valence-corrected chi connectivity index (χ4v) is 5.38. The maximum Gasteiger partial charge on any atom is 0.239 e. The fourth-order valence-electron chi connectivity index (χ4n) is 5.38. The number of aromatic nitrogens is 2. The standard InChI is InChI=1S/C22H35N5O2/c1-24-11-3-2-5-19(24)21(29)26-14-8-22(9-15-26)7-6-20(28)27(17-22)13-4-12-25-16-10-23-18-25/h10,16,18-19H,2-9,11-15,17H2,1H3. The number of piperidine rings is 3. The quantitative estimate of drug-likeness (QED) is 0.757. The Morgan fingerprint density at radius 2 is 2.00 bits per heavy atom. The zero-order valence-corrected chi connectivity index (χ0v) is 17.8. The summed E-state index contributed by atoms with van der Waals surface area (Å²) < 4.78 is 2.07. The van der Waals surface area contributed by atoms with Crippen LogP contribution in [-0.4, -0.2) is 81.9 Å². The van der Waals surface area contributed by atoms with Crippen LogP contribution in [0.25, 0.3) is 0 Å². The molecule has 1 atom stereocenters. The van der Waals surface area contributed by atoms with Gasteiger partial charge in [0.25, 0.3) is 0 Å². The number of carbonyl (C=O) groups excluding carboxylic acids is 2. The number of likely N-dealkylation sites (tertiary alicyclic amines) is 3. The molecule has 0 saturated carbocycles. The summed E-state index contributed by atoms with van der Waals surface area (Å²) in [4.78, 5) is 36.0. The van der Waals surface area contributed by atoms with E-state index in [2.05, 4.69) is 31.3 Å². The summed E-state index contributed by atoms with van der Waals surface area (Å²) in [6.45, 7) is 5.30. The van der Waals surface area contributed by atoms with Gasteiger partial charge in [-0.1, -0.05) is 6.42 Å². The molecule has 0 aromatic carbocycles. The van der Waals surface area contributed by atoms with E-state index in [0.717, 1.165) is 77.8 Å². The third-order valence-electron chi connectivity index (χ3n) is 7.34. The zero-order valence-electron chi connectivity index (χ0n) is 17.8. The maximum atomic E-state index is 13.0. The van der Waals surface area contributed by atoms with Crippen LogP contribution in [0, 0.1) is 5.41 Å². The molecule has 1 aromatic heterocycles. The van der Waals surface area contributed by atoms with Gasteiger partial charge in [-0.2, -0.15) is 0 Å². The highest BCUT2D eigenvalue weighted by Crippen LogP contribution is 2.40. The van der Waals surface area contributed by atoms with Crippen LogP contribution in [0.5, 0.6) is 0 Å². The number of hydrogen-bond donors (Lipinski definition) is 0. The molecular weight excluding hydrogens is 366 g/mol. The Hall–Kier alpha value is -1.89. The van der Waals surface area contributed by atoms with E-state index in [1.165, 1.54) is 6.42 Å². The van der Waals surface area contributed by atoms with Crippen molar-refractivity contribution in [2.75, 3.05) is 39.8 Å². The molecule has 3 aliphatic rings. The minimum absolute atomic E-state index is 0.0745. The second-order valence-electron chi connectivity index (χ2n) is 9.29. The highest BCUT2D eigenvalue weighted by atomic mass is 16.2. The van der Waals surface area contributed by atoms with Gasteiger partial charge in [0.05, 0.1) is 12.4 Å². The SMILES string of the molecule is CN1CCCCC1C(=O)N1CCC2(CCC(=O)N(CCCn3ccnc3)C2)CC1. The van der Waals surface area contributed by atoms with Gasteiger partial charge in [0.15, 0.2) is 0 Å². The van der Waals surface area contributed by atoms with Crippen LogP contribution in [0.15, 0.2) is 18.7 Å². The summed E-state index contributed by atoms with van der Waals surface area (Å²) in [6.07, 6.45) is 13.6. The molecule has 1 spiro atoms. The molecule has 7 nitrogen and oxygen atoms in total. The first-order valence-electron chi connectivity index (χ1n) is 11.3. The van der Waals surface area contributed by atoms with E-state index in [4.69, 9.17) is 0 Å². The van der Waals surface area contributed by atoms with Gasteiger partial charge < -0.3 is 14.4 Å². The van der Waals surface area contributed by atoms with Crippen molar-refractivity contribution in [3.8, 4) is 0 Å². The van der Waals surface area contributed by atoms with Crippen molar-refractivity contribution in [3.63, 3.8) is 0 Å². The highest BCUT2D eigenvalue weighted by Gasteiger charge is 2.42. The Bertz CT molecular complexity index is 696. The summed E-state index contributed by atoms with van der Waals surface area (Å²) >= 11 is 0. The average Bonchev–Trinajstić information content (AvgIpc) is 3.25. The third kappa shape index (κ3) is 4.65. The molecule has 3 fully saturated rings. The number of hydrogen-bond acceptors (Lipinski definition) is 4. The van der Waals surface area contributed by atoms with Crippen LogP contribution in [0.2, 0.25) is 0 Å². The van der Waals surface area contributed by atoms with Crippen molar-refractivity contribution in [2.45, 2.75) is 64.0 Å². The minimum Gasteiger partial charge on any atom is -0.342 e. The Morgan fingerprint density at radius 3 is 2.72 bits per heavy atom. The molecule has 4 rings (SSSR count). The van der Waals surface area contributed by atoms with Crippen LogP contribution in [-0.2, 0) is 16.1 Å². The predicted molar refractivity (Wildman–Crippen MR) is 111 cm³/mol. The molecule has 1 aromatic rings. The molecule has 7 heteroatoms. The Kier molecular flexibility index (Phi) is 6.23. The number of rotatable bonds is 5. The van der Waals surface area contributed by atoms with Gasteiger partial charge in [0.1, 0.15) is 0 Å². The van der Waals surface area contributed by atoms with E-state index in [0.29, 0.717) is 18.2 Å². The van der Waals surface area contributed by atoms with E-state index in [9.17, 15) is 9.59 Å². The minimum atomic E-state index is 0.0745. The van der Waals surface area contributed by atoms with Crippen LogP contribution in [0.1, 0.15) is 51.4 Å². The molecule has 3 saturated heterocycles. The lowest BCUT2D eigenvalue weighted by atomic mass is 9.72. The largest absolute Gasteiger partial charge is 0.342 e. The van der Waals surface area contributed by atoms with Gasteiger partial charge in [0.2, 0.25) is 11.8 Å². The van der Waals surface area contributed by atoms with Gasteiger partial charge in [-0.15, -0.1) is 0 Å². The van der Waals surface area contributed by atoms with E-state index < -0.39 is 0 Å². The van der Waals surface area contributed by atoms with E-state index in [1.807, 2.05) is 12.5 Å².